The molecule has 1 aromatic carbocycles. The summed E-state index contributed by atoms with van der Waals surface area (Å²) in [4.78, 5) is 0. The Morgan fingerprint density at radius 1 is 1.42 bits per heavy atom. The highest BCUT2D eigenvalue weighted by Gasteiger charge is 2.22. The number of hydrogen-bond donors (Lipinski definition) is 2. The maximum Gasteiger partial charge on any atom is 0.270 e. The third-order valence-electron chi connectivity index (χ3n) is 2.33. The number of aromatic nitrogens is 2. The highest BCUT2D eigenvalue weighted by atomic mass is 35.5. The van der Waals surface area contributed by atoms with Crippen LogP contribution in [0.4, 0.5) is 5.13 Å². The van der Waals surface area contributed by atoms with Gasteiger partial charge in [0, 0.05) is 11.1 Å². The standard InChI is InChI=1S/C10H11ClN4O2S2/c1-6(7-3-2-4-8(11)5-7)15-19(16,17)10-14-13-9(12)18-10/h2-6,15H,1H3,(H2,12,13). The molecule has 2 aromatic rings. The Bertz CT molecular complexity index is 686. The lowest BCUT2D eigenvalue weighted by Gasteiger charge is -2.13. The van der Waals surface area contributed by atoms with Crippen molar-refractivity contribution in [2.45, 2.75) is 17.3 Å². The number of nitrogen functional groups attached to an aromatic ring is 1. The molecule has 19 heavy (non-hydrogen) atoms. The van der Waals surface area contributed by atoms with Gasteiger partial charge < -0.3 is 5.73 Å². The predicted molar refractivity (Wildman–Crippen MR) is 74.5 cm³/mol. The van der Waals surface area contributed by atoms with Crippen molar-refractivity contribution in [3.63, 3.8) is 0 Å². The summed E-state index contributed by atoms with van der Waals surface area (Å²) in [6.45, 7) is 1.72. The summed E-state index contributed by atoms with van der Waals surface area (Å²) < 4.78 is 26.4. The fourth-order valence-corrected chi connectivity index (χ4v) is 3.69. The molecular weight excluding hydrogens is 308 g/mol. The zero-order valence-electron chi connectivity index (χ0n) is 9.87. The quantitative estimate of drug-likeness (QED) is 0.896. The molecule has 3 N–H and O–H groups in total. The summed E-state index contributed by atoms with van der Waals surface area (Å²) in [6, 6.07) is 6.52. The minimum Gasteiger partial charge on any atom is -0.374 e. The van der Waals surface area contributed by atoms with Crippen LogP contribution in [0.25, 0.3) is 0 Å². The van der Waals surface area contributed by atoms with Crippen molar-refractivity contribution in [1.82, 2.24) is 14.9 Å². The highest BCUT2D eigenvalue weighted by Crippen LogP contribution is 2.22. The van der Waals surface area contributed by atoms with Gasteiger partial charge in [0.05, 0.1) is 0 Å². The van der Waals surface area contributed by atoms with Crippen LogP contribution in [-0.2, 0) is 10.0 Å². The maximum absolute atomic E-state index is 12.0. The molecule has 0 aliphatic carbocycles. The van der Waals surface area contributed by atoms with Gasteiger partial charge in [0.2, 0.25) is 9.47 Å². The molecule has 6 nitrogen and oxygen atoms in total. The van der Waals surface area contributed by atoms with E-state index in [1.807, 2.05) is 0 Å². The van der Waals surface area contributed by atoms with Crippen LogP contribution in [0.2, 0.25) is 5.02 Å². The molecule has 0 bridgehead atoms. The van der Waals surface area contributed by atoms with Crippen LogP contribution in [0, 0.1) is 0 Å². The van der Waals surface area contributed by atoms with E-state index in [0.29, 0.717) is 5.02 Å². The van der Waals surface area contributed by atoms with Crippen molar-refractivity contribution in [3.8, 4) is 0 Å². The maximum atomic E-state index is 12.0. The van der Waals surface area contributed by atoms with Crippen molar-refractivity contribution in [1.29, 1.82) is 0 Å². The summed E-state index contributed by atoms with van der Waals surface area (Å²) in [5.74, 6) is 0. The lowest BCUT2D eigenvalue weighted by Crippen LogP contribution is -2.26. The van der Waals surface area contributed by atoms with Crippen LogP contribution >= 0.6 is 22.9 Å². The van der Waals surface area contributed by atoms with Gasteiger partial charge in [0.1, 0.15) is 0 Å². The van der Waals surface area contributed by atoms with E-state index in [9.17, 15) is 8.42 Å². The summed E-state index contributed by atoms with van der Waals surface area (Å²) in [5.41, 5.74) is 6.13. The van der Waals surface area contributed by atoms with Crippen LogP contribution in [0.15, 0.2) is 28.6 Å². The van der Waals surface area contributed by atoms with E-state index in [1.54, 1.807) is 31.2 Å². The van der Waals surface area contributed by atoms with Gasteiger partial charge in [-0.3, -0.25) is 0 Å². The summed E-state index contributed by atoms with van der Waals surface area (Å²) in [5, 5.41) is 7.65. The predicted octanol–water partition coefficient (Wildman–Crippen LogP) is 1.81. The number of hydrogen-bond acceptors (Lipinski definition) is 6. The lowest BCUT2D eigenvalue weighted by atomic mass is 10.1. The van der Waals surface area contributed by atoms with E-state index < -0.39 is 16.1 Å². The zero-order chi connectivity index (χ0) is 14.0. The Hall–Kier alpha value is -1.22. The number of rotatable bonds is 4. The molecule has 1 unspecified atom stereocenters. The molecule has 0 radical (unpaired) electrons. The average molecular weight is 319 g/mol. The second kappa shape index (κ2) is 5.41. The fourth-order valence-electron chi connectivity index (χ4n) is 1.46. The summed E-state index contributed by atoms with van der Waals surface area (Å²) in [7, 11) is -3.73. The Morgan fingerprint density at radius 3 is 2.74 bits per heavy atom. The molecule has 0 saturated heterocycles. The minimum absolute atomic E-state index is 0.107. The number of nitrogens with zero attached hydrogens (tertiary/aromatic N) is 2. The molecule has 0 saturated carbocycles. The molecule has 1 heterocycles. The average Bonchev–Trinajstić information content (AvgIpc) is 2.76. The van der Waals surface area contributed by atoms with E-state index in [0.717, 1.165) is 16.9 Å². The van der Waals surface area contributed by atoms with Gasteiger partial charge in [-0.15, -0.1) is 10.2 Å². The van der Waals surface area contributed by atoms with Crippen LogP contribution in [0.3, 0.4) is 0 Å². The van der Waals surface area contributed by atoms with Crippen molar-refractivity contribution in [2.24, 2.45) is 0 Å². The first-order valence-electron chi connectivity index (χ1n) is 5.25. The third-order valence-corrected chi connectivity index (χ3v) is 5.23. The number of nitrogens with two attached hydrogens (primary N) is 1. The molecule has 0 spiro atoms. The third kappa shape index (κ3) is 3.41. The Balaban J connectivity index is 2.21. The number of benzene rings is 1. The molecule has 0 fully saturated rings. The van der Waals surface area contributed by atoms with E-state index in [2.05, 4.69) is 14.9 Å². The largest absolute Gasteiger partial charge is 0.374 e. The van der Waals surface area contributed by atoms with Gasteiger partial charge in [-0.2, -0.15) is 0 Å². The molecule has 1 atom stereocenters. The van der Waals surface area contributed by atoms with Crippen LogP contribution in [0.5, 0.6) is 0 Å². The van der Waals surface area contributed by atoms with Gasteiger partial charge in [-0.1, -0.05) is 35.1 Å². The Kier molecular flexibility index (Phi) is 4.04. The number of halogens is 1. The number of anilines is 1. The first-order valence-corrected chi connectivity index (χ1v) is 7.93. The van der Waals surface area contributed by atoms with Crippen molar-refractivity contribution in [2.75, 3.05) is 5.73 Å². The molecule has 0 aliphatic heterocycles. The lowest BCUT2D eigenvalue weighted by molar-refractivity contribution is 0.565. The summed E-state index contributed by atoms with van der Waals surface area (Å²) >= 11 is 6.68. The van der Waals surface area contributed by atoms with Gasteiger partial charge >= 0.3 is 0 Å². The number of nitrogens with one attached hydrogen (secondary N) is 1. The molecule has 1 aromatic heterocycles. The fraction of sp³-hybridized carbons (Fsp3) is 0.200. The van der Waals surface area contributed by atoms with E-state index in [-0.39, 0.29) is 9.47 Å². The van der Waals surface area contributed by atoms with Gasteiger partial charge in [0.15, 0.2) is 0 Å². The first-order chi connectivity index (χ1) is 8.88. The molecule has 102 valence electrons. The Labute approximate surface area is 119 Å². The van der Waals surface area contributed by atoms with Crippen molar-refractivity contribution in [3.05, 3.63) is 34.9 Å². The minimum atomic E-state index is -3.73. The SMILES string of the molecule is CC(NS(=O)(=O)c1nnc(N)s1)c1cccc(Cl)c1. The second-order valence-electron chi connectivity index (χ2n) is 3.80. The monoisotopic (exact) mass is 318 g/mol. The molecule has 0 amide bonds. The van der Waals surface area contributed by atoms with Crippen LogP contribution in [-0.4, -0.2) is 18.6 Å². The van der Waals surface area contributed by atoms with Gasteiger partial charge in [0.25, 0.3) is 10.0 Å². The smallest absolute Gasteiger partial charge is 0.270 e. The highest BCUT2D eigenvalue weighted by molar-refractivity contribution is 7.91. The molecular formula is C10H11ClN4O2S2. The van der Waals surface area contributed by atoms with Crippen molar-refractivity contribution >= 4 is 38.1 Å². The second-order valence-corrected chi connectivity index (χ2v) is 7.14. The normalized spacial score (nSPS) is 13.4. The first kappa shape index (κ1) is 14.2. The Morgan fingerprint density at radius 2 is 2.16 bits per heavy atom. The molecule has 0 aliphatic rings. The van der Waals surface area contributed by atoms with Crippen LogP contribution < -0.4 is 10.5 Å². The number of sulfonamides is 1. The van der Waals surface area contributed by atoms with Crippen LogP contribution in [0.1, 0.15) is 18.5 Å². The molecule has 2 rings (SSSR count). The van der Waals surface area contributed by atoms with Crippen molar-refractivity contribution < 1.29 is 8.42 Å². The topological polar surface area (TPSA) is 98.0 Å². The summed E-state index contributed by atoms with van der Waals surface area (Å²) in [6.07, 6.45) is 0. The van der Waals surface area contributed by atoms with E-state index in [4.69, 9.17) is 17.3 Å². The van der Waals surface area contributed by atoms with Gasteiger partial charge in [-0.25, -0.2) is 13.1 Å². The molecule has 9 heteroatoms. The van der Waals surface area contributed by atoms with E-state index >= 15 is 0 Å². The van der Waals surface area contributed by atoms with Gasteiger partial charge in [-0.05, 0) is 24.6 Å². The van der Waals surface area contributed by atoms with E-state index in [1.165, 1.54) is 0 Å². The zero-order valence-corrected chi connectivity index (χ0v) is 12.3.